The van der Waals surface area contributed by atoms with Gasteiger partial charge < -0.3 is 15.0 Å². The van der Waals surface area contributed by atoms with Crippen LogP contribution < -0.4 is 10.1 Å². The first kappa shape index (κ1) is 24.7. The van der Waals surface area contributed by atoms with Crippen molar-refractivity contribution in [2.45, 2.75) is 26.8 Å². The Kier molecular flexibility index (Phi) is 7.80. The number of hydrogen-bond donors (Lipinski definition) is 1. The van der Waals surface area contributed by atoms with Crippen LogP contribution in [0.1, 0.15) is 19.4 Å². The second kappa shape index (κ2) is 11.4. The number of nitrogens with zero attached hydrogens (tertiary/aromatic N) is 3. The van der Waals surface area contributed by atoms with Crippen LogP contribution in [0.15, 0.2) is 91.0 Å². The van der Waals surface area contributed by atoms with Crippen LogP contribution in [0.4, 0.5) is 5.82 Å². The molecule has 0 spiro atoms. The third-order valence-corrected chi connectivity index (χ3v) is 5.69. The highest BCUT2D eigenvalue weighted by molar-refractivity contribution is 5.95. The van der Waals surface area contributed by atoms with Crippen LogP contribution in [0, 0.1) is 6.92 Å². The Balaban J connectivity index is 1.52. The van der Waals surface area contributed by atoms with Crippen molar-refractivity contribution < 1.29 is 14.3 Å². The number of amides is 2. The summed E-state index contributed by atoms with van der Waals surface area (Å²) < 4.78 is 7.31. The van der Waals surface area contributed by atoms with E-state index in [0.717, 1.165) is 22.5 Å². The topological polar surface area (TPSA) is 76.5 Å². The normalized spacial score (nSPS) is 10.8. The molecule has 0 unspecified atom stereocenters. The number of rotatable bonds is 9. The first-order valence-electron chi connectivity index (χ1n) is 11.9. The lowest BCUT2D eigenvalue weighted by Gasteiger charge is -2.26. The van der Waals surface area contributed by atoms with Gasteiger partial charge in [-0.3, -0.25) is 9.59 Å². The van der Waals surface area contributed by atoms with E-state index >= 15 is 0 Å². The maximum absolute atomic E-state index is 13.1. The highest BCUT2D eigenvalue weighted by atomic mass is 16.5. The van der Waals surface area contributed by atoms with Crippen molar-refractivity contribution in [3.63, 3.8) is 0 Å². The van der Waals surface area contributed by atoms with E-state index < -0.39 is 0 Å². The second-order valence-corrected chi connectivity index (χ2v) is 8.79. The molecule has 0 aliphatic carbocycles. The Bertz CT molecular complexity index is 1300. The minimum atomic E-state index is -0.315. The lowest BCUT2D eigenvalue weighted by atomic mass is 10.1. The molecule has 2 amide bonds. The van der Waals surface area contributed by atoms with E-state index in [9.17, 15) is 9.59 Å². The molecule has 0 saturated carbocycles. The number of carbonyl (C=O) groups excluding carboxylic acids is 2. The first-order valence-corrected chi connectivity index (χ1v) is 11.9. The summed E-state index contributed by atoms with van der Waals surface area (Å²) in [5, 5.41) is 7.70. The number of anilines is 1. The number of aryl methyl sites for hydroxylation is 1. The van der Waals surface area contributed by atoms with Gasteiger partial charge in [-0.05, 0) is 45.0 Å². The molecule has 0 radical (unpaired) electrons. The molecule has 4 rings (SSSR count). The molecule has 3 aromatic carbocycles. The molecular formula is C29H30N4O3. The van der Waals surface area contributed by atoms with Gasteiger partial charge >= 0.3 is 0 Å². The lowest BCUT2D eigenvalue weighted by molar-refractivity contribution is -0.138. The Hall–Kier alpha value is -4.39. The van der Waals surface area contributed by atoms with Crippen LogP contribution in [-0.4, -0.2) is 45.7 Å². The summed E-state index contributed by atoms with van der Waals surface area (Å²) in [6, 6.07) is 28.5. The summed E-state index contributed by atoms with van der Waals surface area (Å²) in [5.41, 5.74) is 3.63. The molecule has 1 aromatic heterocycles. The first-order chi connectivity index (χ1) is 17.4. The maximum atomic E-state index is 13.1. The predicted molar refractivity (Wildman–Crippen MR) is 141 cm³/mol. The number of hydrogen-bond acceptors (Lipinski definition) is 4. The summed E-state index contributed by atoms with van der Waals surface area (Å²) in [6.07, 6.45) is 0. The monoisotopic (exact) mass is 482 g/mol. The van der Waals surface area contributed by atoms with E-state index in [-0.39, 0.29) is 31.0 Å². The van der Waals surface area contributed by atoms with Crippen molar-refractivity contribution in [2.24, 2.45) is 0 Å². The van der Waals surface area contributed by atoms with Gasteiger partial charge in [0.05, 0.1) is 11.4 Å². The average Bonchev–Trinajstić information content (AvgIpc) is 3.31. The van der Waals surface area contributed by atoms with Crippen molar-refractivity contribution in [2.75, 3.05) is 18.5 Å². The molecule has 7 heteroatoms. The van der Waals surface area contributed by atoms with Crippen LogP contribution in [0.25, 0.3) is 16.9 Å². The zero-order chi connectivity index (χ0) is 25.5. The predicted octanol–water partition coefficient (Wildman–Crippen LogP) is 5.10. The number of aromatic nitrogens is 2. The van der Waals surface area contributed by atoms with Gasteiger partial charge in [0.2, 0.25) is 5.91 Å². The molecule has 4 aromatic rings. The molecule has 36 heavy (non-hydrogen) atoms. The zero-order valence-electron chi connectivity index (χ0n) is 20.7. The molecule has 1 N–H and O–H groups in total. The second-order valence-electron chi connectivity index (χ2n) is 8.79. The van der Waals surface area contributed by atoms with Gasteiger partial charge in [-0.1, -0.05) is 66.2 Å². The number of nitrogens with one attached hydrogen (secondary N) is 1. The summed E-state index contributed by atoms with van der Waals surface area (Å²) in [6.45, 7) is 5.52. The Morgan fingerprint density at radius 1 is 0.944 bits per heavy atom. The number of para-hydroxylation sites is 1. The Labute approximate surface area is 211 Å². The molecule has 0 aliphatic heterocycles. The van der Waals surface area contributed by atoms with Gasteiger partial charge in [-0.2, -0.15) is 5.10 Å². The van der Waals surface area contributed by atoms with Crippen molar-refractivity contribution in [3.05, 3.63) is 96.6 Å². The molecular weight excluding hydrogens is 452 g/mol. The summed E-state index contributed by atoms with van der Waals surface area (Å²) in [4.78, 5) is 27.5. The Morgan fingerprint density at radius 2 is 1.58 bits per heavy atom. The van der Waals surface area contributed by atoms with Crippen molar-refractivity contribution in [1.29, 1.82) is 0 Å². The van der Waals surface area contributed by atoms with Gasteiger partial charge in [0.1, 0.15) is 18.1 Å². The van der Waals surface area contributed by atoms with Gasteiger partial charge in [-0.15, -0.1) is 0 Å². The fourth-order valence-electron chi connectivity index (χ4n) is 3.74. The van der Waals surface area contributed by atoms with Crippen LogP contribution in [0.3, 0.4) is 0 Å². The molecule has 0 aliphatic rings. The highest BCUT2D eigenvalue weighted by Crippen LogP contribution is 2.25. The molecule has 184 valence electrons. The molecule has 0 saturated heterocycles. The lowest BCUT2D eigenvalue weighted by Crippen LogP contribution is -2.44. The van der Waals surface area contributed by atoms with Gasteiger partial charge in [-0.25, -0.2) is 4.68 Å². The van der Waals surface area contributed by atoms with Crippen LogP contribution in [0.2, 0.25) is 0 Å². The number of carbonyl (C=O) groups is 2. The Morgan fingerprint density at radius 3 is 2.22 bits per heavy atom. The van der Waals surface area contributed by atoms with Crippen molar-refractivity contribution in [3.8, 4) is 22.7 Å². The van der Waals surface area contributed by atoms with Gasteiger partial charge in [0, 0.05) is 17.7 Å². The molecule has 7 nitrogen and oxygen atoms in total. The minimum absolute atomic E-state index is 0.103. The van der Waals surface area contributed by atoms with E-state index in [2.05, 4.69) is 5.32 Å². The quantitative estimate of drug-likeness (QED) is 0.360. The van der Waals surface area contributed by atoms with E-state index in [1.165, 1.54) is 4.90 Å². The third kappa shape index (κ3) is 6.18. The smallest absolute Gasteiger partial charge is 0.261 e. The van der Waals surface area contributed by atoms with Gasteiger partial charge in [0.15, 0.2) is 6.61 Å². The van der Waals surface area contributed by atoms with Crippen LogP contribution >= 0.6 is 0 Å². The van der Waals surface area contributed by atoms with Crippen LogP contribution in [-0.2, 0) is 9.59 Å². The van der Waals surface area contributed by atoms with Crippen molar-refractivity contribution in [1.82, 2.24) is 14.7 Å². The third-order valence-electron chi connectivity index (χ3n) is 5.69. The van der Waals surface area contributed by atoms with E-state index in [1.54, 1.807) is 16.8 Å². The molecule has 0 fully saturated rings. The van der Waals surface area contributed by atoms with Gasteiger partial charge in [0.25, 0.3) is 5.91 Å². The standard InChI is InChI=1S/C29H30N4O3/c1-21(2)32(29(35)20-36-25-12-8-5-9-13-25)19-28(34)30-27-18-26(23-10-6-4-7-11-23)31-33(27)24-16-14-22(3)15-17-24/h4-18,21H,19-20H2,1-3H3,(H,30,34). The fraction of sp³-hybridized carbons (Fsp3) is 0.207. The SMILES string of the molecule is Cc1ccc(-n2nc(-c3ccccc3)cc2NC(=O)CN(C(=O)COc2ccccc2)C(C)C)cc1. The fourth-order valence-corrected chi connectivity index (χ4v) is 3.74. The molecule has 0 bridgehead atoms. The van der Waals surface area contributed by atoms with Crippen molar-refractivity contribution >= 4 is 17.6 Å². The summed E-state index contributed by atoms with van der Waals surface area (Å²) in [7, 11) is 0. The van der Waals surface area contributed by atoms with E-state index in [4.69, 9.17) is 9.84 Å². The van der Waals surface area contributed by atoms with E-state index in [1.807, 2.05) is 99.6 Å². The molecule has 1 heterocycles. The van der Waals surface area contributed by atoms with E-state index in [0.29, 0.717) is 11.6 Å². The largest absolute Gasteiger partial charge is 0.484 e. The molecule has 0 atom stereocenters. The number of benzene rings is 3. The zero-order valence-corrected chi connectivity index (χ0v) is 20.7. The maximum Gasteiger partial charge on any atom is 0.261 e. The average molecular weight is 483 g/mol. The minimum Gasteiger partial charge on any atom is -0.484 e. The van der Waals surface area contributed by atoms with Crippen LogP contribution in [0.5, 0.6) is 5.75 Å². The number of ether oxygens (including phenoxy) is 1. The summed E-state index contributed by atoms with van der Waals surface area (Å²) >= 11 is 0. The summed E-state index contributed by atoms with van der Waals surface area (Å²) in [5.74, 6) is 0.555. The highest BCUT2D eigenvalue weighted by Gasteiger charge is 2.22.